The number of ether oxygens (including phenoxy) is 1. The van der Waals surface area contributed by atoms with Gasteiger partial charge in [-0.2, -0.15) is 13.5 Å². The molecule has 1 fully saturated rings. The smallest absolute Gasteiger partial charge is 0.387 e. The largest absolute Gasteiger partial charge is 0.480 e. The summed E-state index contributed by atoms with van der Waals surface area (Å²) in [6.45, 7) is -1.94. The van der Waals surface area contributed by atoms with Crippen LogP contribution in [0.2, 0.25) is 0 Å². The lowest BCUT2D eigenvalue weighted by atomic mass is 10.2. The molecule has 1 atom stereocenters. The van der Waals surface area contributed by atoms with Gasteiger partial charge in [-0.05, 0) is 54.1 Å². The predicted molar refractivity (Wildman–Crippen MR) is 84.1 cm³/mol. The van der Waals surface area contributed by atoms with Crippen molar-refractivity contribution in [2.75, 3.05) is 6.54 Å². The van der Waals surface area contributed by atoms with E-state index in [1.807, 2.05) is 0 Å². The first kappa shape index (κ1) is 19.0. The third-order valence-corrected chi connectivity index (χ3v) is 3.83. The second kappa shape index (κ2) is 8.17. The summed E-state index contributed by atoms with van der Waals surface area (Å²) in [4.78, 5) is 13.1. The van der Waals surface area contributed by atoms with Gasteiger partial charge in [0.1, 0.15) is 11.8 Å². The number of carboxylic acids is 1. The second-order valence-corrected chi connectivity index (χ2v) is 5.35. The van der Waals surface area contributed by atoms with E-state index in [4.69, 9.17) is 0 Å². The highest BCUT2D eigenvalue weighted by Crippen LogP contribution is 2.21. The quantitative estimate of drug-likeness (QED) is 0.821. The standard InChI is InChI=1S/C14H15F2N5O3.ClH/c15-14(16)24-10-5-3-9(4-6-10)21-12(17-18-19-21)8-20-7-1-2-11(20)13(22)23;/h3-6,11,14H,1-2,7-8H2,(H,22,23);1H. The third-order valence-electron chi connectivity index (χ3n) is 3.83. The molecule has 0 aliphatic carbocycles. The highest BCUT2D eigenvalue weighted by Gasteiger charge is 2.31. The van der Waals surface area contributed by atoms with E-state index in [0.29, 0.717) is 31.0 Å². The maximum atomic E-state index is 12.2. The highest BCUT2D eigenvalue weighted by molar-refractivity contribution is 5.85. The molecule has 0 amide bonds. The number of nitrogens with zero attached hydrogens (tertiary/aromatic N) is 5. The van der Waals surface area contributed by atoms with Crippen LogP contribution >= 0.6 is 12.4 Å². The molecule has 2 aromatic rings. The van der Waals surface area contributed by atoms with Crippen LogP contribution in [0, 0.1) is 0 Å². The van der Waals surface area contributed by atoms with Gasteiger partial charge in [0.25, 0.3) is 0 Å². The number of halogens is 3. The molecule has 0 bridgehead atoms. The molecule has 11 heteroatoms. The van der Waals surface area contributed by atoms with Gasteiger partial charge in [-0.15, -0.1) is 17.5 Å². The molecular weight excluding hydrogens is 360 g/mol. The number of carboxylic acid groups (broad SMARTS) is 1. The Hall–Kier alpha value is -2.33. The molecule has 1 aromatic carbocycles. The minimum absolute atomic E-state index is 0. The Balaban J connectivity index is 0.00000225. The number of carbonyl (C=O) groups is 1. The molecule has 25 heavy (non-hydrogen) atoms. The van der Waals surface area contributed by atoms with Gasteiger partial charge in [0.15, 0.2) is 5.82 Å². The first-order valence-corrected chi connectivity index (χ1v) is 7.34. The van der Waals surface area contributed by atoms with Crippen molar-refractivity contribution in [3.63, 3.8) is 0 Å². The number of hydrogen-bond donors (Lipinski definition) is 1. The number of rotatable bonds is 6. The summed E-state index contributed by atoms with van der Waals surface area (Å²) in [5.74, 6) is -0.348. The Morgan fingerprint density at radius 1 is 1.36 bits per heavy atom. The molecule has 1 saturated heterocycles. The topological polar surface area (TPSA) is 93.4 Å². The van der Waals surface area contributed by atoms with Crippen LogP contribution in [0.3, 0.4) is 0 Å². The van der Waals surface area contributed by atoms with E-state index >= 15 is 0 Å². The van der Waals surface area contributed by atoms with E-state index in [-0.39, 0.29) is 18.2 Å². The Bertz CT molecular complexity index is 713. The van der Waals surface area contributed by atoms with E-state index < -0.39 is 18.6 Å². The summed E-state index contributed by atoms with van der Waals surface area (Å²) < 4.78 is 30.1. The maximum absolute atomic E-state index is 12.2. The fourth-order valence-corrected chi connectivity index (χ4v) is 2.75. The summed E-state index contributed by atoms with van der Waals surface area (Å²) >= 11 is 0. The number of benzene rings is 1. The van der Waals surface area contributed by atoms with Gasteiger partial charge < -0.3 is 9.84 Å². The lowest BCUT2D eigenvalue weighted by molar-refractivity contribution is -0.142. The number of aromatic nitrogens is 4. The molecule has 2 heterocycles. The van der Waals surface area contributed by atoms with Crippen molar-refractivity contribution in [1.82, 2.24) is 25.1 Å². The molecule has 1 aromatic heterocycles. The number of alkyl halides is 2. The van der Waals surface area contributed by atoms with Crippen molar-refractivity contribution >= 4 is 18.4 Å². The van der Waals surface area contributed by atoms with Crippen LogP contribution in [-0.2, 0) is 11.3 Å². The average molecular weight is 376 g/mol. The molecule has 1 aliphatic heterocycles. The number of likely N-dealkylation sites (tertiary alicyclic amines) is 1. The molecule has 1 aliphatic rings. The molecule has 1 unspecified atom stereocenters. The molecule has 0 saturated carbocycles. The fraction of sp³-hybridized carbons (Fsp3) is 0.429. The van der Waals surface area contributed by atoms with Crippen LogP contribution < -0.4 is 4.74 Å². The van der Waals surface area contributed by atoms with Crippen LogP contribution in [0.25, 0.3) is 5.69 Å². The van der Waals surface area contributed by atoms with Gasteiger partial charge in [-0.25, -0.2) is 0 Å². The van der Waals surface area contributed by atoms with Crippen LogP contribution in [0.15, 0.2) is 24.3 Å². The summed E-state index contributed by atoms with van der Waals surface area (Å²) in [5, 5.41) is 20.7. The van der Waals surface area contributed by atoms with Crippen molar-refractivity contribution in [1.29, 1.82) is 0 Å². The first-order valence-electron chi connectivity index (χ1n) is 7.34. The van der Waals surface area contributed by atoms with Crippen LogP contribution in [0.1, 0.15) is 18.7 Å². The SMILES string of the molecule is Cl.O=C(O)C1CCCN1Cc1nnnn1-c1ccc(OC(F)F)cc1. The van der Waals surface area contributed by atoms with Crippen LogP contribution in [0.5, 0.6) is 5.75 Å². The van der Waals surface area contributed by atoms with Gasteiger partial charge in [0.2, 0.25) is 0 Å². The lowest BCUT2D eigenvalue weighted by Gasteiger charge is -2.20. The lowest BCUT2D eigenvalue weighted by Crippen LogP contribution is -2.36. The number of aliphatic carboxylic acids is 1. The molecule has 1 N–H and O–H groups in total. The zero-order valence-electron chi connectivity index (χ0n) is 13.0. The minimum atomic E-state index is -2.89. The zero-order chi connectivity index (χ0) is 17.1. The van der Waals surface area contributed by atoms with E-state index in [1.165, 1.54) is 16.8 Å². The molecule has 3 rings (SSSR count). The molecule has 8 nitrogen and oxygen atoms in total. The number of tetrazole rings is 1. The molecule has 136 valence electrons. The monoisotopic (exact) mass is 375 g/mol. The predicted octanol–water partition coefficient (Wildman–Crippen LogP) is 1.73. The minimum Gasteiger partial charge on any atom is -0.480 e. The van der Waals surface area contributed by atoms with Crippen molar-refractivity contribution in [3.8, 4) is 11.4 Å². The van der Waals surface area contributed by atoms with Crippen molar-refractivity contribution in [3.05, 3.63) is 30.1 Å². The van der Waals surface area contributed by atoms with Crippen LogP contribution in [0.4, 0.5) is 8.78 Å². The van der Waals surface area contributed by atoms with Gasteiger partial charge in [0.05, 0.1) is 12.2 Å². The van der Waals surface area contributed by atoms with E-state index in [9.17, 15) is 18.7 Å². The van der Waals surface area contributed by atoms with E-state index in [1.54, 1.807) is 17.0 Å². The second-order valence-electron chi connectivity index (χ2n) is 5.35. The summed E-state index contributed by atoms with van der Waals surface area (Å²) in [6.07, 6.45) is 1.40. The third kappa shape index (κ3) is 4.40. The Morgan fingerprint density at radius 2 is 2.08 bits per heavy atom. The zero-order valence-corrected chi connectivity index (χ0v) is 13.8. The maximum Gasteiger partial charge on any atom is 0.387 e. The Labute approximate surface area is 147 Å². The molecule has 0 radical (unpaired) electrons. The summed E-state index contributed by atoms with van der Waals surface area (Å²) in [7, 11) is 0. The first-order chi connectivity index (χ1) is 11.5. The number of hydrogen-bond acceptors (Lipinski definition) is 6. The van der Waals surface area contributed by atoms with Crippen molar-refractivity contribution in [2.24, 2.45) is 0 Å². The fourth-order valence-electron chi connectivity index (χ4n) is 2.75. The van der Waals surface area contributed by atoms with Gasteiger partial charge >= 0.3 is 12.6 Å². The van der Waals surface area contributed by atoms with E-state index in [0.717, 1.165) is 6.42 Å². The normalized spacial score (nSPS) is 17.5. The Morgan fingerprint density at radius 3 is 2.72 bits per heavy atom. The molecular formula is C14H16ClF2N5O3. The van der Waals surface area contributed by atoms with E-state index in [2.05, 4.69) is 20.3 Å². The van der Waals surface area contributed by atoms with Gasteiger partial charge in [0, 0.05) is 0 Å². The van der Waals surface area contributed by atoms with Crippen molar-refractivity contribution in [2.45, 2.75) is 32.0 Å². The molecule has 0 spiro atoms. The summed E-state index contributed by atoms with van der Waals surface area (Å²) in [6, 6.07) is 5.34. The van der Waals surface area contributed by atoms with Gasteiger partial charge in [-0.1, -0.05) is 0 Å². The van der Waals surface area contributed by atoms with Crippen LogP contribution in [-0.4, -0.2) is 55.4 Å². The Kier molecular flexibility index (Phi) is 6.21. The van der Waals surface area contributed by atoms with Crippen molar-refractivity contribution < 1.29 is 23.4 Å². The highest BCUT2D eigenvalue weighted by atomic mass is 35.5. The summed E-state index contributed by atoms with van der Waals surface area (Å²) in [5.41, 5.74) is 0.572. The average Bonchev–Trinajstić information content (AvgIpc) is 3.17. The van der Waals surface area contributed by atoms with Gasteiger partial charge in [-0.3, -0.25) is 9.69 Å².